The highest BCUT2D eigenvalue weighted by atomic mass is 16.3. The van der Waals surface area contributed by atoms with Gasteiger partial charge in [-0.3, -0.25) is 24.7 Å². The SMILES string of the molecule is CN(C)[C@@H]1C(O)=C(C(N)=O)C(=O)[C@@]2(O)C(O)=C3C(=O)c4c(O)ccc(NC(=N)N5CCCC5)c4C[C@H]3C[C@@H]12. The van der Waals surface area contributed by atoms with Crippen molar-refractivity contribution in [3.63, 3.8) is 0 Å². The van der Waals surface area contributed by atoms with Gasteiger partial charge in [0.15, 0.2) is 17.3 Å². The molecule has 0 radical (unpaired) electrons. The Labute approximate surface area is 218 Å². The van der Waals surface area contributed by atoms with Gasteiger partial charge in [-0.2, -0.15) is 0 Å². The number of ketones is 2. The van der Waals surface area contributed by atoms with Crippen molar-refractivity contribution in [1.29, 1.82) is 5.41 Å². The molecule has 1 aromatic carbocycles. The molecule has 0 unspecified atom stereocenters. The summed E-state index contributed by atoms with van der Waals surface area (Å²) in [7, 11) is 3.16. The molecule has 5 rings (SSSR count). The number of rotatable bonds is 3. The zero-order chi connectivity index (χ0) is 27.7. The Bertz CT molecular complexity index is 1340. The van der Waals surface area contributed by atoms with E-state index < -0.39 is 58.0 Å². The Morgan fingerprint density at radius 3 is 2.45 bits per heavy atom. The second-order valence-corrected chi connectivity index (χ2v) is 10.6. The topological polar surface area (TPSA) is 201 Å². The van der Waals surface area contributed by atoms with Crippen molar-refractivity contribution >= 4 is 29.1 Å². The number of primary amides is 1. The number of carbonyl (C=O) groups excluding carboxylic acids is 3. The van der Waals surface area contributed by atoms with Gasteiger partial charge in [-0.25, -0.2) is 0 Å². The molecule has 4 aliphatic rings. The third-order valence-corrected chi connectivity index (χ3v) is 8.28. The van der Waals surface area contributed by atoms with Gasteiger partial charge in [0.2, 0.25) is 5.78 Å². The van der Waals surface area contributed by atoms with Crippen LogP contribution in [-0.2, 0) is 16.0 Å². The summed E-state index contributed by atoms with van der Waals surface area (Å²) >= 11 is 0. The zero-order valence-corrected chi connectivity index (χ0v) is 21.1. The molecule has 1 saturated heterocycles. The lowest BCUT2D eigenvalue weighted by Crippen LogP contribution is -2.63. The number of guanidine groups is 1. The number of nitrogens with two attached hydrogens (primary N) is 1. The molecule has 12 heteroatoms. The van der Waals surface area contributed by atoms with Crippen LogP contribution < -0.4 is 11.1 Å². The minimum Gasteiger partial charge on any atom is -0.510 e. The first-order chi connectivity index (χ1) is 17.9. The molecule has 1 heterocycles. The maximum absolute atomic E-state index is 13.7. The van der Waals surface area contributed by atoms with Gasteiger partial charge in [0, 0.05) is 30.3 Å². The van der Waals surface area contributed by atoms with E-state index in [0.29, 0.717) is 11.3 Å². The Hall–Kier alpha value is -3.90. The highest BCUT2D eigenvalue weighted by Gasteiger charge is 2.63. The largest absolute Gasteiger partial charge is 0.510 e. The lowest BCUT2D eigenvalue weighted by Gasteiger charge is -2.50. The van der Waals surface area contributed by atoms with E-state index in [-0.39, 0.29) is 35.7 Å². The van der Waals surface area contributed by atoms with Crippen LogP contribution in [0.5, 0.6) is 5.75 Å². The smallest absolute Gasteiger partial charge is 0.255 e. The number of Topliss-reactive ketones (excluding diaryl/α,β-unsaturated/α-hetero) is 2. The molecular weight excluding hydrogens is 494 g/mol. The predicted octanol–water partition coefficient (Wildman–Crippen LogP) is 0.563. The molecule has 202 valence electrons. The number of carbonyl (C=O) groups is 3. The quantitative estimate of drug-likeness (QED) is 0.127. The van der Waals surface area contributed by atoms with Crippen molar-refractivity contribution in [2.45, 2.75) is 37.3 Å². The van der Waals surface area contributed by atoms with Gasteiger partial charge >= 0.3 is 0 Å². The van der Waals surface area contributed by atoms with E-state index in [4.69, 9.17) is 11.1 Å². The summed E-state index contributed by atoms with van der Waals surface area (Å²) in [6.45, 7) is 1.47. The average molecular weight is 526 g/mol. The van der Waals surface area contributed by atoms with E-state index in [0.717, 1.165) is 25.9 Å². The fraction of sp³-hybridized carbons (Fsp3) is 0.462. The number of hydrogen-bond donors (Lipinski definition) is 7. The first kappa shape index (κ1) is 25.7. The number of nitrogens with one attached hydrogen (secondary N) is 2. The maximum atomic E-state index is 13.7. The highest BCUT2D eigenvalue weighted by Crippen LogP contribution is 2.52. The van der Waals surface area contributed by atoms with Gasteiger partial charge in [0.05, 0.1) is 11.6 Å². The number of anilines is 1. The molecule has 1 fully saturated rings. The van der Waals surface area contributed by atoms with E-state index in [2.05, 4.69) is 5.32 Å². The summed E-state index contributed by atoms with van der Waals surface area (Å²) in [4.78, 5) is 42.5. The Balaban J connectivity index is 1.63. The maximum Gasteiger partial charge on any atom is 0.255 e. The van der Waals surface area contributed by atoms with Crippen molar-refractivity contribution in [2.75, 3.05) is 32.5 Å². The molecule has 1 aromatic rings. The fourth-order valence-electron chi connectivity index (χ4n) is 6.52. The Morgan fingerprint density at radius 1 is 1.18 bits per heavy atom. The number of likely N-dealkylation sites (tertiary alicyclic amines) is 1. The van der Waals surface area contributed by atoms with Crippen molar-refractivity contribution < 1.29 is 34.8 Å². The number of aliphatic hydroxyl groups is 3. The summed E-state index contributed by atoms with van der Waals surface area (Å²) in [6, 6.07) is 1.85. The molecule has 3 aliphatic carbocycles. The number of nitrogens with zero attached hydrogens (tertiary/aromatic N) is 2. The van der Waals surface area contributed by atoms with Crippen LogP contribution in [0, 0.1) is 17.2 Å². The molecule has 0 spiro atoms. The number of aromatic hydroxyl groups is 1. The first-order valence-electron chi connectivity index (χ1n) is 12.5. The summed E-state index contributed by atoms with van der Waals surface area (Å²) in [6.07, 6.45) is 2.10. The molecule has 0 saturated carbocycles. The monoisotopic (exact) mass is 525 g/mol. The number of fused-ring (bicyclic) bond motifs is 3. The molecule has 1 aliphatic heterocycles. The highest BCUT2D eigenvalue weighted by molar-refractivity contribution is 6.25. The lowest BCUT2D eigenvalue weighted by atomic mass is 9.58. The Kier molecular flexibility index (Phi) is 5.99. The van der Waals surface area contributed by atoms with E-state index in [1.807, 2.05) is 4.90 Å². The second-order valence-electron chi connectivity index (χ2n) is 10.6. The van der Waals surface area contributed by atoms with E-state index in [9.17, 15) is 34.8 Å². The summed E-state index contributed by atoms with van der Waals surface area (Å²) < 4.78 is 0. The van der Waals surface area contributed by atoms with Crippen molar-refractivity contribution in [3.05, 3.63) is 45.9 Å². The molecule has 0 aromatic heterocycles. The van der Waals surface area contributed by atoms with Gasteiger partial charge in [-0.05, 0) is 63.4 Å². The lowest BCUT2D eigenvalue weighted by molar-refractivity contribution is -0.148. The van der Waals surface area contributed by atoms with Gasteiger partial charge in [0.25, 0.3) is 5.91 Å². The van der Waals surface area contributed by atoms with Crippen LogP contribution >= 0.6 is 0 Å². The number of benzene rings is 1. The number of phenolic OH excluding ortho intramolecular Hbond substituents is 1. The number of hydrogen-bond acceptors (Lipinski definition) is 9. The van der Waals surface area contributed by atoms with Gasteiger partial charge in [-0.15, -0.1) is 0 Å². The van der Waals surface area contributed by atoms with Crippen molar-refractivity contribution in [2.24, 2.45) is 17.6 Å². The molecule has 38 heavy (non-hydrogen) atoms. The van der Waals surface area contributed by atoms with Crippen LogP contribution in [0.15, 0.2) is 34.8 Å². The van der Waals surface area contributed by atoms with Crippen LogP contribution in [0.2, 0.25) is 0 Å². The van der Waals surface area contributed by atoms with Crippen LogP contribution in [0.1, 0.15) is 35.2 Å². The van der Waals surface area contributed by atoms with E-state index >= 15 is 0 Å². The van der Waals surface area contributed by atoms with Crippen molar-refractivity contribution in [1.82, 2.24) is 9.80 Å². The summed E-state index contributed by atoms with van der Waals surface area (Å²) in [5.41, 5.74) is 2.44. The minimum atomic E-state index is -2.67. The summed E-state index contributed by atoms with van der Waals surface area (Å²) in [5, 5.41) is 56.0. The third kappa shape index (κ3) is 3.51. The number of likely N-dealkylation sites (N-methyl/N-ethyl adjacent to an activating group) is 1. The number of phenols is 1. The first-order valence-corrected chi connectivity index (χ1v) is 12.5. The van der Waals surface area contributed by atoms with Crippen LogP contribution in [0.3, 0.4) is 0 Å². The van der Waals surface area contributed by atoms with Crippen LogP contribution in [-0.4, -0.2) is 92.5 Å². The van der Waals surface area contributed by atoms with Gasteiger partial charge in [-0.1, -0.05) is 0 Å². The molecule has 4 atom stereocenters. The molecule has 8 N–H and O–H groups in total. The second kappa shape index (κ2) is 8.84. The molecule has 12 nitrogen and oxygen atoms in total. The third-order valence-electron chi connectivity index (χ3n) is 8.28. The van der Waals surface area contributed by atoms with Crippen LogP contribution in [0.25, 0.3) is 0 Å². The van der Waals surface area contributed by atoms with Crippen LogP contribution in [0.4, 0.5) is 5.69 Å². The molecular formula is C26H31N5O7. The summed E-state index contributed by atoms with van der Waals surface area (Å²) in [5.74, 6) is -6.75. The normalized spacial score (nSPS) is 28.8. The fourth-order valence-corrected chi connectivity index (χ4v) is 6.52. The average Bonchev–Trinajstić information content (AvgIpc) is 3.38. The zero-order valence-electron chi connectivity index (χ0n) is 21.1. The Morgan fingerprint density at radius 2 is 1.84 bits per heavy atom. The van der Waals surface area contributed by atoms with Gasteiger partial charge in [0.1, 0.15) is 22.8 Å². The van der Waals surface area contributed by atoms with E-state index in [1.165, 1.54) is 11.0 Å². The number of amides is 1. The molecule has 0 bridgehead atoms. The van der Waals surface area contributed by atoms with Crippen molar-refractivity contribution in [3.8, 4) is 5.75 Å². The predicted molar refractivity (Wildman–Crippen MR) is 136 cm³/mol. The van der Waals surface area contributed by atoms with E-state index in [1.54, 1.807) is 20.2 Å². The van der Waals surface area contributed by atoms with Gasteiger partial charge < -0.3 is 36.4 Å². The number of aliphatic hydroxyl groups excluding tert-OH is 2. The minimum absolute atomic E-state index is 0.00439. The number of allylic oxidation sites excluding steroid dienone is 1. The molecule has 1 amide bonds. The standard InChI is InChI=1S/C26H31N5O7/c1-30(2)19-13-10-11-9-12-14(29-25(28)31-7-3-4-8-31)5-6-15(32)17(12)20(33)16(11)22(35)26(13,38)23(36)18(21(19)34)24(27)37/h5-6,11,13,19,32,34-35,38H,3-4,7-10H2,1-2H3,(H2,27,37)(H2,28,29)/t11-,13-,19-,26-/m0/s1.